The number of hydrogen-bond acceptors (Lipinski definition) is 2. The van der Waals surface area contributed by atoms with E-state index >= 15 is 0 Å². The number of benzene rings is 1. The van der Waals surface area contributed by atoms with Gasteiger partial charge >= 0.3 is 0 Å². The van der Waals surface area contributed by atoms with E-state index in [9.17, 15) is 0 Å². The van der Waals surface area contributed by atoms with Crippen LogP contribution in [0.15, 0.2) is 24.4 Å². The predicted molar refractivity (Wildman–Crippen MR) is 82.6 cm³/mol. The third-order valence-corrected chi connectivity index (χ3v) is 3.62. The molecule has 1 aromatic heterocycles. The average Bonchev–Trinajstić information content (AvgIpc) is 2.88. The summed E-state index contributed by atoms with van der Waals surface area (Å²) in [7, 11) is 0. The van der Waals surface area contributed by atoms with Crippen LogP contribution in [0.5, 0.6) is 0 Å². The van der Waals surface area contributed by atoms with Crippen molar-refractivity contribution < 1.29 is 0 Å². The second-order valence-electron chi connectivity index (χ2n) is 5.39. The topological polar surface area (TPSA) is 40.7 Å². The van der Waals surface area contributed by atoms with Gasteiger partial charge in [-0.05, 0) is 19.4 Å². The van der Waals surface area contributed by atoms with Gasteiger partial charge in [-0.2, -0.15) is 5.10 Å². The maximum Gasteiger partial charge on any atom is 0.0881 e. The highest BCUT2D eigenvalue weighted by molar-refractivity contribution is 5.89. The molecule has 0 aliphatic carbocycles. The molecule has 0 aliphatic heterocycles. The van der Waals surface area contributed by atoms with E-state index in [2.05, 4.69) is 47.6 Å². The molecule has 3 heteroatoms. The summed E-state index contributed by atoms with van der Waals surface area (Å²) in [5.41, 5.74) is 2.27. The van der Waals surface area contributed by atoms with Crippen LogP contribution in [0, 0.1) is 0 Å². The molecule has 1 atom stereocenters. The van der Waals surface area contributed by atoms with Crippen LogP contribution < -0.4 is 5.32 Å². The summed E-state index contributed by atoms with van der Waals surface area (Å²) in [6.45, 7) is 4.52. The van der Waals surface area contributed by atoms with Crippen molar-refractivity contribution in [3.05, 3.63) is 24.4 Å². The number of anilines is 1. The molecule has 104 valence electrons. The zero-order valence-electron chi connectivity index (χ0n) is 12.1. The maximum absolute atomic E-state index is 4.10. The molecule has 1 unspecified atom stereocenters. The van der Waals surface area contributed by atoms with Crippen LogP contribution in [-0.4, -0.2) is 16.2 Å². The molecule has 3 nitrogen and oxygen atoms in total. The van der Waals surface area contributed by atoms with Crippen molar-refractivity contribution in [2.75, 3.05) is 5.32 Å². The third kappa shape index (κ3) is 3.98. The highest BCUT2D eigenvalue weighted by atomic mass is 15.1. The number of para-hydroxylation sites is 1. The summed E-state index contributed by atoms with van der Waals surface area (Å²) in [5.74, 6) is 0. The Balaban J connectivity index is 1.81. The smallest absolute Gasteiger partial charge is 0.0881 e. The second kappa shape index (κ2) is 7.17. The number of hydrogen-bond donors (Lipinski definition) is 2. The molecule has 0 saturated carbocycles. The Bertz CT molecular complexity index is 489. The summed E-state index contributed by atoms with van der Waals surface area (Å²) < 4.78 is 0. The van der Waals surface area contributed by atoms with Crippen molar-refractivity contribution in [2.24, 2.45) is 0 Å². The lowest BCUT2D eigenvalue weighted by Crippen LogP contribution is -2.15. The summed E-state index contributed by atoms with van der Waals surface area (Å²) in [5, 5.41) is 11.9. The minimum atomic E-state index is 0.510. The van der Waals surface area contributed by atoms with Crippen LogP contribution in [0.1, 0.15) is 52.4 Å². The number of rotatable bonds is 8. The van der Waals surface area contributed by atoms with E-state index in [1.807, 2.05) is 6.20 Å². The first kappa shape index (κ1) is 13.9. The number of aromatic amines is 1. The van der Waals surface area contributed by atoms with Gasteiger partial charge in [-0.3, -0.25) is 5.10 Å². The minimum Gasteiger partial charge on any atom is -0.381 e. The predicted octanol–water partition coefficient (Wildman–Crippen LogP) is 4.72. The Morgan fingerprint density at radius 3 is 2.89 bits per heavy atom. The third-order valence-electron chi connectivity index (χ3n) is 3.62. The summed E-state index contributed by atoms with van der Waals surface area (Å²) >= 11 is 0. The second-order valence-corrected chi connectivity index (χ2v) is 5.39. The van der Waals surface area contributed by atoms with Gasteiger partial charge in [0.2, 0.25) is 0 Å². The fourth-order valence-electron chi connectivity index (χ4n) is 2.48. The Labute approximate surface area is 115 Å². The van der Waals surface area contributed by atoms with E-state index in [-0.39, 0.29) is 0 Å². The van der Waals surface area contributed by atoms with Crippen LogP contribution in [0.4, 0.5) is 5.69 Å². The number of nitrogens with one attached hydrogen (secondary N) is 2. The molecule has 0 aliphatic rings. The lowest BCUT2D eigenvalue weighted by molar-refractivity contribution is 0.578. The van der Waals surface area contributed by atoms with Gasteiger partial charge in [0, 0.05) is 11.4 Å². The van der Waals surface area contributed by atoms with Crippen LogP contribution >= 0.6 is 0 Å². The summed E-state index contributed by atoms with van der Waals surface area (Å²) in [6.07, 6.45) is 9.83. The molecule has 0 fully saturated rings. The molecule has 2 rings (SSSR count). The van der Waals surface area contributed by atoms with Gasteiger partial charge in [0.15, 0.2) is 0 Å². The Kier molecular flexibility index (Phi) is 5.25. The largest absolute Gasteiger partial charge is 0.381 e. The van der Waals surface area contributed by atoms with Gasteiger partial charge in [-0.15, -0.1) is 0 Å². The Hall–Kier alpha value is -1.51. The van der Waals surface area contributed by atoms with Crippen LogP contribution in [-0.2, 0) is 0 Å². The van der Waals surface area contributed by atoms with Crippen molar-refractivity contribution in [1.82, 2.24) is 10.2 Å². The highest BCUT2D eigenvalue weighted by Gasteiger charge is 2.06. The van der Waals surface area contributed by atoms with E-state index in [0.717, 1.165) is 11.2 Å². The molecule has 0 saturated heterocycles. The van der Waals surface area contributed by atoms with Crippen molar-refractivity contribution >= 4 is 16.6 Å². The first-order valence-electron chi connectivity index (χ1n) is 7.50. The van der Waals surface area contributed by atoms with Gasteiger partial charge in [0.1, 0.15) is 0 Å². The van der Waals surface area contributed by atoms with Gasteiger partial charge in [-0.25, -0.2) is 0 Å². The van der Waals surface area contributed by atoms with Crippen LogP contribution in [0.3, 0.4) is 0 Å². The normalized spacial score (nSPS) is 12.7. The van der Waals surface area contributed by atoms with Gasteiger partial charge < -0.3 is 5.32 Å². The van der Waals surface area contributed by atoms with E-state index in [1.54, 1.807) is 0 Å². The molecule has 2 aromatic rings. The van der Waals surface area contributed by atoms with Crippen molar-refractivity contribution in [2.45, 2.75) is 58.4 Å². The average molecular weight is 259 g/mol. The van der Waals surface area contributed by atoms with Crippen molar-refractivity contribution in [3.8, 4) is 0 Å². The lowest BCUT2D eigenvalue weighted by atomic mass is 10.1. The fraction of sp³-hybridized carbons (Fsp3) is 0.562. The first-order valence-corrected chi connectivity index (χ1v) is 7.50. The van der Waals surface area contributed by atoms with E-state index < -0.39 is 0 Å². The van der Waals surface area contributed by atoms with Crippen molar-refractivity contribution in [3.63, 3.8) is 0 Å². The fourth-order valence-corrected chi connectivity index (χ4v) is 2.48. The van der Waals surface area contributed by atoms with Gasteiger partial charge in [0.05, 0.1) is 17.4 Å². The number of nitrogens with zero attached hydrogens (tertiary/aromatic N) is 1. The monoisotopic (exact) mass is 259 g/mol. The lowest BCUT2D eigenvalue weighted by Gasteiger charge is -2.15. The SMILES string of the molecule is CCCCCCCC(C)Nc1cccc2cn[nH]c12. The summed E-state index contributed by atoms with van der Waals surface area (Å²) in [4.78, 5) is 0. The van der Waals surface area contributed by atoms with E-state index in [4.69, 9.17) is 0 Å². The van der Waals surface area contributed by atoms with Crippen LogP contribution in [0.25, 0.3) is 10.9 Å². The van der Waals surface area contributed by atoms with Crippen LogP contribution in [0.2, 0.25) is 0 Å². The molecular weight excluding hydrogens is 234 g/mol. The highest BCUT2D eigenvalue weighted by Crippen LogP contribution is 2.22. The van der Waals surface area contributed by atoms with Gasteiger partial charge in [-0.1, -0.05) is 51.2 Å². The molecule has 1 heterocycles. The molecule has 1 aromatic carbocycles. The quantitative estimate of drug-likeness (QED) is 0.673. The minimum absolute atomic E-state index is 0.510. The molecular formula is C16H25N3. The molecule has 19 heavy (non-hydrogen) atoms. The first-order chi connectivity index (χ1) is 9.31. The number of unbranched alkanes of at least 4 members (excludes halogenated alkanes) is 4. The number of H-pyrrole nitrogens is 1. The van der Waals surface area contributed by atoms with E-state index in [0.29, 0.717) is 6.04 Å². The zero-order valence-corrected chi connectivity index (χ0v) is 12.1. The van der Waals surface area contributed by atoms with Crippen molar-refractivity contribution in [1.29, 1.82) is 0 Å². The number of aromatic nitrogens is 2. The number of fused-ring (bicyclic) bond motifs is 1. The Morgan fingerprint density at radius 2 is 2.05 bits per heavy atom. The summed E-state index contributed by atoms with van der Waals surface area (Å²) in [6, 6.07) is 6.79. The Morgan fingerprint density at radius 1 is 1.21 bits per heavy atom. The maximum atomic E-state index is 4.10. The molecule has 0 bridgehead atoms. The molecule has 2 N–H and O–H groups in total. The standard InChI is InChI=1S/C16H25N3/c1-3-4-5-6-7-9-13(2)18-15-11-8-10-14-12-17-19-16(14)15/h8,10-13,18H,3-7,9H2,1-2H3,(H,17,19). The molecule has 0 spiro atoms. The van der Waals surface area contributed by atoms with Gasteiger partial charge in [0.25, 0.3) is 0 Å². The zero-order chi connectivity index (χ0) is 13.5. The molecule has 0 amide bonds. The molecule has 0 radical (unpaired) electrons. The van der Waals surface area contributed by atoms with E-state index in [1.165, 1.54) is 43.9 Å².